The molecule has 0 bridgehead atoms. The van der Waals surface area contributed by atoms with Crippen LogP contribution in [0, 0.1) is 6.92 Å². The van der Waals surface area contributed by atoms with Crippen LogP contribution in [0.3, 0.4) is 0 Å². The normalized spacial score (nSPS) is 17.7. The van der Waals surface area contributed by atoms with Crippen molar-refractivity contribution in [2.24, 2.45) is 0 Å². The highest BCUT2D eigenvalue weighted by Gasteiger charge is 2.19. The van der Waals surface area contributed by atoms with Crippen LogP contribution >= 0.6 is 23.2 Å². The number of ether oxygens (including phenoxy) is 1. The zero-order valence-electron chi connectivity index (χ0n) is 12.3. The molecule has 1 saturated heterocycles. The molecule has 0 amide bonds. The number of benzene rings is 1. The maximum atomic E-state index is 6.26. The molecule has 1 aliphatic rings. The molecule has 1 fully saturated rings. The fourth-order valence-electron chi connectivity index (χ4n) is 2.60. The van der Waals surface area contributed by atoms with Crippen LogP contribution in [0.5, 0.6) is 0 Å². The molecule has 1 N–H and O–H groups in total. The number of rotatable bonds is 4. The Hall–Kier alpha value is -1.36. The van der Waals surface area contributed by atoms with E-state index in [2.05, 4.69) is 15.3 Å². The second-order valence-electron chi connectivity index (χ2n) is 5.43. The van der Waals surface area contributed by atoms with Crippen molar-refractivity contribution in [3.8, 4) is 0 Å². The average molecular weight is 338 g/mol. The van der Waals surface area contributed by atoms with Crippen molar-refractivity contribution < 1.29 is 4.74 Å². The lowest BCUT2D eigenvalue weighted by Crippen LogP contribution is -2.07. The second-order valence-corrected chi connectivity index (χ2v) is 6.27. The number of nitrogens with one attached hydrogen (secondary N) is 1. The second kappa shape index (κ2) is 6.82. The van der Waals surface area contributed by atoms with Crippen LogP contribution < -0.4 is 5.32 Å². The van der Waals surface area contributed by atoms with Crippen LogP contribution in [0.2, 0.25) is 10.0 Å². The van der Waals surface area contributed by atoms with Crippen molar-refractivity contribution >= 4 is 29.0 Å². The molecule has 0 spiro atoms. The molecule has 1 aromatic carbocycles. The summed E-state index contributed by atoms with van der Waals surface area (Å²) < 4.78 is 5.41. The van der Waals surface area contributed by atoms with Gasteiger partial charge in [-0.05, 0) is 36.6 Å². The zero-order chi connectivity index (χ0) is 15.5. The van der Waals surface area contributed by atoms with Gasteiger partial charge in [-0.25, -0.2) is 9.97 Å². The van der Waals surface area contributed by atoms with E-state index in [1.165, 1.54) is 0 Å². The summed E-state index contributed by atoms with van der Waals surface area (Å²) in [6, 6.07) is 5.65. The molecule has 6 heteroatoms. The third-order valence-electron chi connectivity index (χ3n) is 3.87. The fourth-order valence-corrected chi connectivity index (χ4v) is 3.26. The minimum Gasteiger partial charge on any atom is -0.381 e. The third-order valence-corrected chi connectivity index (χ3v) is 4.42. The number of aromatic nitrogens is 2. The Bertz CT molecular complexity index is 649. The van der Waals surface area contributed by atoms with Gasteiger partial charge >= 0.3 is 0 Å². The predicted octanol–water partition coefficient (Wildman–Crippen LogP) is 4.21. The van der Waals surface area contributed by atoms with Gasteiger partial charge in [0.05, 0.1) is 12.3 Å². The van der Waals surface area contributed by atoms with Crippen LogP contribution in [-0.2, 0) is 11.3 Å². The van der Waals surface area contributed by atoms with Gasteiger partial charge in [0.15, 0.2) is 0 Å². The molecular formula is C16H17Cl2N3O. The van der Waals surface area contributed by atoms with Crippen molar-refractivity contribution in [2.75, 3.05) is 18.5 Å². The molecule has 0 aliphatic carbocycles. The van der Waals surface area contributed by atoms with Gasteiger partial charge in [-0.1, -0.05) is 23.2 Å². The summed E-state index contributed by atoms with van der Waals surface area (Å²) >= 11 is 12.3. The summed E-state index contributed by atoms with van der Waals surface area (Å²) in [7, 11) is 0. The number of nitrogens with zero attached hydrogens (tertiary/aromatic N) is 2. The first-order chi connectivity index (χ1) is 10.6. The lowest BCUT2D eigenvalue weighted by Gasteiger charge is -2.12. The molecule has 0 radical (unpaired) electrons. The Morgan fingerprint density at radius 1 is 1.27 bits per heavy atom. The molecule has 2 aromatic rings. The van der Waals surface area contributed by atoms with Crippen LogP contribution in [0.25, 0.3) is 0 Å². The molecule has 0 unspecified atom stereocenters. The summed E-state index contributed by atoms with van der Waals surface area (Å²) in [4.78, 5) is 8.62. The number of halogens is 2. The third kappa shape index (κ3) is 3.51. The van der Waals surface area contributed by atoms with E-state index in [0.717, 1.165) is 42.3 Å². The van der Waals surface area contributed by atoms with E-state index >= 15 is 0 Å². The fraction of sp³-hybridized carbons (Fsp3) is 0.375. The first-order valence-electron chi connectivity index (χ1n) is 7.21. The Morgan fingerprint density at radius 2 is 2.14 bits per heavy atom. The van der Waals surface area contributed by atoms with E-state index < -0.39 is 0 Å². The smallest absolute Gasteiger partial charge is 0.129 e. The van der Waals surface area contributed by atoms with Crippen LogP contribution in [0.4, 0.5) is 5.82 Å². The van der Waals surface area contributed by atoms with Gasteiger partial charge in [0.2, 0.25) is 0 Å². The zero-order valence-corrected chi connectivity index (χ0v) is 13.8. The first-order valence-corrected chi connectivity index (χ1v) is 7.97. The molecule has 2 heterocycles. The predicted molar refractivity (Wildman–Crippen MR) is 88.7 cm³/mol. The molecule has 116 valence electrons. The first kappa shape index (κ1) is 15.5. The van der Waals surface area contributed by atoms with Crippen molar-refractivity contribution in [1.29, 1.82) is 0 Å². The van der Waals surface area contributed by atoms with Gasteiger partial charge in [-0.2, -0.15) is 0 Å². The van der Waals surface area contributed by atoms with Gasteiger partial charge in [-0.3, -0.25) is 0 Å². The number of anilines is 1. The van der Waals surface area contributed by atoms with E-state index in [4.69, 9.17) is 27.9 Å². The van der Waals surface area contributed by atoms with E-state index in [9.17, 15) is 0 Å². The monoisotopic (exact) mass is 337 g/mol. The highest BCUT2D eigenvalue weighted by Crippen LogP contribution is 2.27. The molecule has 1 aromatic heterocycles. The average Bonchev–Trinajstić information content (AvgIpc) is 3.00. The van der Waals surface area contributed by atoms with Crippen molar-refractivity contribution in [2.45, 2.75) is 25.8 Å². The molecule has 1 atom stereocenters. The molecular weight excluding hydrogens is 321 g/mol. The number of aryl methyl sites for hydroxylation is 1. The molecule has 1 aliphatic heterocycles. The molecule has 3 rings (SSSR count). The summed E-state index contributed by atoms with van der Waals surface area (Å²) in [5.74, 6) is 1.16. The molecule has 22 heavy (non-hydrogen) atoms. The van der Waals surface area contributed by atoms with E-state index in [-0.39, 0.29) is 0 Å². The molecule has 0 saturated carbocycles. The van der Waals surface area contributed by atoms with E-state index in [1.54, 1.807) is 12.4 Å². The van der Waals surface area contributed by atoms with E-state index in [0.29, 0.717) is 22.5 Å². The van der Waals surface area contributed by atoms with Crippen molar-refractivity contribution in [3.05, 3.63) is 51.4 Å². The Morgan fingerprint density at radius 3 is 2.86 bits per heavy atom. The Balaban J connectivity index is 1.73. The maximum absolute atomic E-state index is 6.26. The van der Waals surface area contributed by atoms with Crippen LogP contribution in [0.15, 0.2) is 24.5 Å². The van der Waals surface area contributed by atoms with Crippen LogP contribution in [0.1, 0.15) is 29.2 Å². The SMILES string of the molecule is Cc1cc(Cl)cc(Cl)c1CNc1cc([C@H]2CCOC2)ncn1. The summed E-state index contributed by atoms with van der Waals surface area (Å²) in [6.07, 6.45) is 2.60. The minimum atomic E-state index is 0.365. The highest BCUT2D eigenvalue weighted by molar-refractivity contribution is 6.35. The molecule has 4 nitrogen and oxygen atoms in total. The largest absolute Gasteiger partial charge is 0.381 e. The summed E-state index contributed by atoms with van der Waals surface area (Å²) in [5.41, 5.74) is 3.10. The summed E-state index contributed by atoms with van der Waals surface area (Å²) in [5, 5.41) is 4.62. The summed E-state index contributed by atoms with van der Waals surface area (Å²) in [6.45, 7) is 4.13. The van der Waals surface area contributed by atoms with Gasteiger partial charge in [0.1, 0.15) is 12.1 Å². The van der Waals surface area contributed by atoms with Gasteiger partial charge in [0.25, 0.3) is 0 Å². The van der Waals surface area contributed by atoms with E-state index in [1.807, 2.05) is 19.1 Å². The Labute approximate surface area is 139 Å². The highest BCUT2D eigenvalue weighted by atomic mass is 35.5. The standard InChI is InChI=1S/C16H17Cl2N3O/c1-10-4-12(17)5-14(18)13(10)7-19-16-6-15(20-9-21-16)11-2-3-22-8-11/h4-6,9,11H,2-3,7-8H2,1H3,(H,19,20,21)/t11-/m0/s1. The number of hydrogen-bond donors (Lipinski definition) is 1. The number of hydrogen-bond acceptors (Lipinski definition) is 4. The Kier molecular flexibility index (Phi) is 4.81. The van der Waals surface area contributed by atoms with Gasteiger partial charge in [-0.15, -0.1) is 0 Å². The van der Waals surface area contributed by atoms with Crippen molar-refractivity contribution in [1.82, 2.24) is 9.97 Å². The van der Waals surface area contributed by atoms with Gasteiger partial charge < -0.3 is 10.1 Å². The van der Waals surface area contributed by atoms with Crippen molar-refractivity contribution in [3.63, 3.8) is 0 Å². The quantitative estimate of drug-likeness (QED) is 0.907. The maximum Gasteiger partial charge on any atom is 0.129 e. The van der Waals surface area contributed by atoms with Gasteiger partial charge in [0, 0.05) is 35.2 Å². The minimum absolute atomic E-state index is 0.365. The topological polar surface area (TPSA) is 47.0 Å². The van der Waals surface area contributed by atoms with Crippen LogP contribution in [-0.4, -0.2) is 23.2 Å². The lowest BCUT2D eigenvalue weighted by molar-refractivity contribution is 0.193. The lowest BCUT2D eigenvalue weighted by atomic mass is 10.0.